The third-order valence-corrected chi connectivity index (χ3v) is 4.47. The van der Waals surface area contributed by atoms with Crippen LogP contribution in [0.25, 0.3) is 0 Å². The Labute approximate surface area is 157 Å². The number of carboxylic acid groups (broad SMARTS) is 1. The van der Waals surface area contributed by atoms with Crippen LogP contribution in [0.2, 0.25) is 0 Å². The molecular formula is C21H33NO4. The minimum absolute atomic E-state index is 0.0466. The molecule has 0 radical (unpaired) electrons. The predicted molar refractivity (Wildman–Crippen MR) is 105 cm³/mol. The molecule has 1 aromatic rings. The van der Waals surface area contributed by atoms with Crippen molar-refractivity contribution in [1.82, 2.24) is 0 Å². The number of hydrogen-bond acceptors (Lipinski definition) is 3. The second-order valence-corrected chi connectivity index (χ2v) is 6.70. The summed E-state index contributed by atoms with van der Waals surface area (Å²) in [6, 6.07) is 4.57. The zero-order valence-corrected chi connectivity index (χ0v) is 16.2. The van der Waals surface area contributed by atoms with Crippen molar-refractivity contribution < 1.29 is 19.4 Å². The van der Waals surface area contributed by atoms with Crippen molar-refractivity contribution in [3.05, 3.63) is 23.8 Å². The van der Waals surface area contributed by atoms with Crippen molar-refractivity contribution >= 4 is 17.6 Å². The standard InChI is InChI=1S/C21H33NO4/c1-3-4-5-6-7-8-9-10-11-12-13-20(23)22-17-14-15-18(21(24)25)19(16-17)26-2/h14-16H,3-13H2,1-2H3,(H,22,23)(H,24,25). The highest BCUT2D eigenvalue weighted by atomic mass is 16.5. The fourth-order valence-corrected chi connectivity index (χ4v) is 2.94. The number of aromatic carboxylic acids is 1. The van der Waals surface area contributed by atoms with Crippen molar-refractivity contribution in [1.29, 1.82) is 0 Å². The van der Waals surface area contributed by atoms with E-state index in [4.69, 9.17) is 9.84 Å². The normalized spacial score (nSPS) is 10.5. The lowest BCUT2D eigenvalue weighted by Crippen LogP contribution is -2.11. The summed E-state index contributed by atoms with van der Waals surface area (Å²) in [7, 11) is 1.41. The van der Waals surface area contributed by atoms with E-state index in [2.05, 4.69) is 12.2 Å². The van der Waals surface area contributed by atoms with Gasteiger partial charge in [0, 0.05) is 18.2 Å². The van der Waals surface area contributed by atoms with Crippen LogP contribution in [-0.4, -0.2) is 24.1 Å². The second kappa shape index (κ2) is 13.2. The van der Waals surface area contributed by atoms with Crippen LogP contribution in [0.5, 0.6) is 5.75 Å². The lowest BCUT2D eigenvalue weighted by atomic mass is 10.1. The van der Waals surface area contributed by atoms with Gasteiger partial charge in [0.1, 0.15) is 11.3 Å². The summed E-state index contributed by atoms with van der Waals surface area (Å²) in [5, 5.41) is 11.9. The Kier molecular flexibility index (Phi) is 11.2. The zero-order chi connectivity index (χ0) is 19.2. The highest BCUT2D eigenvalue weighted by Gasteiger charge is 2.12. The van der Waals surface area contributed by atoms with E-state index in [0.717, 1.165) is 12.8 Å². The Balaban J connectivity index is 2.18. The molecule has 2 N–H and O–H groups in total. The number of carbonyl (C=O) groups is 2. The van der Waals surface area contributed by atoms with Crippen LogP contribution >= 0.6 is 0 Å². The molecule has 0 aliphatic rings. The maximum Gasteiger partial charge on any atom is 0.339 e. The molecular weight excluding hydrogens is 330 g/mol. The lowest BCUT2D eigenvalue weighted by Gasteiger charge is -2.09. The van der Waals surface area contributed by atoms with E-state index in [0.29, 0.717) is 12.1 Å². The van der Waals surface area contributed by atoms with E-state index in [1.165, 1.54) is 64.5 Å². The quantitative estimate of drug-likeness (QED) is 0.419. The molecule has 0 aromatic heterocycles. The van der Waals surface area contributed by atoms with Crippen molar-refractivity contribution in [2.24, 2.45) is 0 Å². The number of methoxy groups -OCH3 is 1. The molecule has 0 atom stereocenters. The van der Waals surface area contributed by atoms with Crippen molar-refractivity contribution in [3.8, 4) is 5.75 Å². The molecule has 0 bridgehead atoms. The zero-order valence-electron chi connectivity index (χ0n) is 16.2. The number of carbonyl (C=O) groups excluding carboxylic acids is 1. The number of unbranched alkanes of at least 4 members (excludes halogenated alkanes) is 9. The molecule has 0 aliphatic carbocycles. The second-order valence-electron chi connectivity index (χ2n) is 6.70. The summed E-state index contributed by atoms with van der Waals surface area (Å²) >= 11 is 0. The van der Waals surface area contributed by atoms with E-state index in [-0.39, 0.29) is 17.2 Å². The number of ether oxygens (including phenoxy) is 1. The Morgan fingerprint density at radius 2 is 1.54 bits per heavy atom. The minimum Gasteiger partial charge on any atom is -0.496 e. The van der Waals surface area contributed by atoms with Gasteiger partial charge < -0.3 is 15.2 Å². The van der Waals surface area contributed by atoms with Crippen molar-refractivity contribution in [2.75, 3.05) is 12.4 Å². The number of rotatable bonds is 14. The Hall–Kier alpha value is -2.04. The summed E-state index contributed by atoms with van der Waals surface area (Å²) < 4.78 is 5.06. The molecule has 146 valence electrons. The van der Waals surface area contributed by atoms with Crippen LogP contribution in [0.3, 0.4) is 0 Å². The molecule has 1 aromatic carbocycles. The van der Waals surface area contributed by atoms with Gasteiger partial charge >= 0.3 is 5.97 Å². The Morgan fingerprint density at radius 3 is 2.08 bits per heavy atom. The largest absolute Gasteiger partial charge is 0.496 e. The van der Waals surface area contributed by atoms with Crippen LogP contribution in [-0.2, 0) is 4.79 Å². The third kappa shape index (κ3) is 8.88. The van der Waals surface area contributed by atoms with Crippen LogP contribution < -0.4 is 10.1 Å². The maximum absolute atomic E-state index is 12.0. The van der Waals surface area contributed by atoms with E-state index in [1.807, 2.05) is 0 Å². The van der Waals surface area contributed by atoms with E-state index < -0.39 is 5.97 Å². The molecule has 0 spiro atoms. The van der Waals surface area contributed by atoms with Gasteiger partial charge in [0.2, 0.25) is 5.91 Å². The Morgan fingerprint density at radius 1 is 0.962 bits per heavy atom. The molecule has 5 heteroatoms. The van der Waals surface area contributed by atoms with Gasteiger partial charge in [-0.2, -0.15) is 0 Å². The molecule has 5 nitrogen and oxygen atoms in total. The monoisotopic (exact) mass is 363 g/mol. The average Bonchev–Trinajstić information content (AvgIpc) is 2.62. The Bertz CT molecular complexity index is 557. The van der Waals surface area contributed by atoms with Crippen molar-refractivity contribution in [2.45, 2.75) is 77.6 Å². The van der Waals surface area contributed by atoms with Crippen molar-refractivity contribution in [3.63, 3.8) is 0 Å². The number of hydrogen-bond donors (Lipinski definition) is 2. The lowest BCUT2D eigenvalue weighted by molar-refractivity contribution is -0.116. The van der Waals surface area contributed by atoms with Gasteiger partial charge in [-0.25, -0.2) is 4.79 Å². The maximum atomic E-state index is 12.0. The molecule has 0 aliphatic heterocycles. The van der Waals surface area contributed by atoms with Crippen LogP contribution in [0.4, 0.5) is 5.69 Å². The van der Waals surface area contributed by atoms with Crippen LogP contribution in [0.15, 0.2) is 18.2 Å². The van der Waals surface area contributed by atoms with Gasteiger partial charge in [-0.05, 0) is 18.6 Å². The summed E-state index contributed by atoms with van der Waals surface area (Å²) in [5.74, 6) is -0.853. The first kappa shape index (κ1) is 22.0. The van der Waals surface area contributed by atoms with Gasteiger partial charge in [-0.1, -0.05) is 64.7 Å². The fourth-order valence-electron chi connectivity index (χ4n) is 2.94. The summed E-state index contributed by atoms with van der Waals surface area (Å²) in [6.07, 6.45) is 12.8. The molecule has 0 unspecified atom stereocenters. The first-order chi connectivity index (χ1) is 12.6. The molecule has 1 rings (SSSR count). The number of benzene rings is 1. The molecule has 0 saturated heterocycles. The number of amides is 1. The van der Waals surface area contributed by atoms with E-state index in [1.54, 1.807) is 12.1 Å². The summed E-state index contributed by atoms with van der Waals surface area (Å²) in [4.78, 5) is 23.1. The SMILES string of the molecule is CCCCCCCCCCCCC(=O)Nc1ccc(C(=O)O)c(OC)c1. The molecule has 26 heavy (non-hydrogen) atoms. The van der Waals surface area contributed by atoms with E-state index >= 15 is 0 Å². The number of nitrogens with one attached hydrogen (secondary N) is 1. The fraction of sp³-hybridized carbons (Fsp3) is 0.619. The van der Waals surface area contributed by atoms with Gasteiger partial charge in [0.25, 0.3) is 0 Å². The molecule has 1 amide bonds. The number of carboxylic acids is 1. The first-order valence-corrected chi connectivity index (χ1v) is 9.79. The summed E-state index contributed by atoms with van der Waals surface area (Å²) in [5.41, 5.74) is 0.643. The van der Waals surface area contributed by atoms with Gasteiger partial charge in [0.05, 0.1) is 7.11 Å². The van der Waals surface area contributed by atoms with Gasteiger partial charge in [-0.15, -0.1) is 0 Å². The topological polar surface area (TPSA) is 75.6 Å². The van der Waals surface area contributed by atoms with Crippen LogP contribution in [0.1, 0.15) is 87.9 Å². The molecule has 0 saturated carbocycles. The van der Waals surface area contributed by atoms with Gasteiger partial charge in [-0.3, -0.25) is 4.79 Å². The van der Waals surface area contributed by atoms with E-state index in [9.17, 15) is 9.59 Å². The summed E-state index contributed by atoms with van der Waals surface area (Å²) in [6.45, 7) is 2.23. The predicted octanol–water partition coefficient (Wildman–Crippen LogP) is 5.64. The third-order valence-electron chi connectivity index (χ3n) is 4.47. The average molecular weight is 363 g/mol. The van der Waals surface area contributed by atoms with Gasteiger partial charge in [0.15, 0.2) is 0 Å². The first-order valence-electron chi connectivity index (χ1n) is 9.79. The highest BCUT2D eigenvalue weighted by molar-refractivity contribution is 5.94. The van der Waals surface area contributed by atoms with Crippen LogP contribution in [0, 0.1) is 0 Å². The number of anilines is 1. The highest BCUT2D eigenvalue weighted by Crippen LogP contribution is 2.23. The molecule has 0 heterocycles. The molecule has 0 fully saturated rings. The smallest absolute Gasteiger partial charge is 0.339 e. The minimum atomic E-state index is -1.05.